The highest BCUT2D eigenvalue weighted by Gasteiger charge is 2.08. The van der Waals surface area contributed by atoms with E-state index < -0.39 is 0 Å². The SMILES string of the molecule is Oc1cccc(Oc2ccc(C3=CCC3)cc2)c1. The summed E-state index contributed by atoms with van der Waals surface area (Å²) in [6, 6.07) is 14.9. The zero-order valence-corrected chi connectivity index (χ0v) is 9.97. The second-order valence-electron chi connectivity index (χ2n) is 4.39. The van der Waals surface area contributed by atoms with E-state index in [1.54, 1.807) is 18.2 Å². The molecule has 0 amide bonds. The molecular formula is C16H14O2. The van der Waals surface area contributed by atoms with Crippen LogP contribution in [0.15, 0.2) is 54.6 Å². The van der Waals surface area contributed by atoms with Gasteiger partial charge in [-0.25, -0.2) is 0 Å². The van der Waals surface area contributed by atoms with Crippen LogP contribution in [-0.2, 0) is 0 Å². The van der Waals surface area contributed by atoms with Crippen molar-refractivity contribution in [2.24, 2.45) is 0 Å². The average molecular weight is 238 g/mol. The monoisotopic (exact) mass is 238 g/mol. The molecule has 18 heavy (non-hydrogen) atoms. The third kappa shape index (κ3) is 2.23. The molecule has 3 rings (SSSR count). The van der Waals surface area contributed by atoms with Crippen molar-refractivity contribution in [3.05, 3.63) is 60.2 Å². The number of hydrogen-bond donors (Lipinski definition) is 1. The molecule has 0 unspecified atom stereocenters. The second-order valence-corrected chi connectivity index (χ2v) is 4.39. The van der Waals surface area contributed by atoms with Gasteiger partial charge in [0.05, 0.1) is 0 Å². The first-order valence-corrected chi connectivity index (χ1v) is 6.08. The fourth-order valence-corrected chi connectivity index (χ4v) is 1.97. The Bertz CT molecular complexity index is 582. The van der Waals surface area contributed by atoms with Crippen LogP contribution in [0.5, 0.6) is 17.2 Å². The molecule has 0 aliphatic heterocycles. The molecule has 2 heteroatoms. The maximum Gasteiger partial charge on any atom is 0.131 e. The van der Waals surface area contributed by atoms with E-state index in [0.29, 0.717) is 5.75 Å². The normalized spacial score (nSPS) is 13.7. The van der Waals surface area contributed by atoms with Crippen LogP contribution >= 0.6 is 0 Å². The lowest BCUT2D eigenvalue weighted by atomic mass is 9.92. The van der Waals surface area contributed by atoms with Crippen LogP contribution in [0, 0.1) is 0 Å². The summed E-state index contributed by atoms with van der Waals surface area (Å²) in [5.41, 5.74) is 2.68. The molecule has 1 aliphatic carbocycles. The lowest BCUT2D eigenvalue weighted by Crippen LogP contribution is -1.93. The lowest BCUT2D eigenvalue weighted by molar-refractivity contribution is 0.455. The number of rotatable bonds is 3. The van der Waals surface area contributed by atoms with Gasteiger partial charge in [-0.05, 0) is 48.2 Å². The number of phenols is 1. The number of ether oxygens (including phenoxy) is 1. The summed E-state index contributed by atoms with van der Waals surface area (Å²) in [7, 11) is 0. The van der Waals surface area contributed by atoms with Crippen molar-refractivity contribution in [2.45, 2.75) is 12.8 Å². The van der Waals surface area contributed by atoms with E-state index in [2.05, 4.69) is 18.2 Å². The van der Waals surface area contributed by atoms with Crippen LogP contribution < -0.4 is 4.74 Å². The van der Waals surface area contributed by atoms with Crippen LogP contribution in [0.4, 0.5) is 0 Å². The van der Waals surface area contributed by atoms with Gasteiger partial charge in [0.1, 0.15) is 17.2 Å². The van der Waals surface area contributed by atoms with Crippen molar-refractivity contribution in [3.63, 3.8) is 0 Å². The molecule has 0 fully saturated rings. The molecular weight excluding hydrogens is 224 g/mol. The highest BCUT2D eigenvalue weighted by atomic mass is 16.5. The molecule has 0 saturated heterocycles. The van der Waals surface area contributed by atoms with E-state index in [1.165, 1.54) is 24.0 Å². The zero-order chi connectivity index (χ0) is 12.4. The number of hydrogen-bond acceptors (Lipinski definition) is 2. The molecule has 1 N–H and O–H groups in total. The quantitative estimate of drug-likeness (QED) is 0.860. The predicted octanol–water partition coefficient (Wildman–Crippen LogP) is 4.36. The molecule has 2 aromatic carbocycles. The Balaban J connectivity index is 1.77. The predicted molar refractivity (Wildman–Crippen MR) is 71.8 cm³/mol. The van der Waals surface area contributed by atoms with Crippen molar-refractivity contribution in [1.29, 1.82) is 0 Å². The third-order valence-electron chi connectivity index (χ3n) is 3.08. The van der Waals surface area contributed by atoms with Gasteiger partial charge in [-0.2, -0.15) is 0 Å². The molecule has 0 atom stereocenters. The van der Waals surface area contributed by atoms with Crippen molar-refractivity contribution in [2.75, 3.05) is 0 Å². The van der Waals surface area contributed by atoms with Gasteiger partial charge in [-0.1, -0.05) is 24.3 Å². The van der Waals surface area contributed by atoms with Crippen LogP contribution in [0.1, 0.15) is 18.4 Å². The molecule has 90 valence electrons. The molecule has 0 bridgehead atoms. The van der Waals surface area contributed by atoms with Crippen molar-refractivity contribution < 1.29 is 9.84 Å². The van der Waals surface area contributed by atoms with Crippen LogP contribution in [-0.4, -0.2) is 5.11 Å². The van der Waals surface area contributed by atoms with Gasteiger partial charge < -0.3 is 9.84 Å². The maximum absolute atomic E-state index is 9.36. The minimum absolute atomic E-state index is 0.212. The summed E-state index contributed by atoms with van der Waals surface area (Å²) in [6.07, 6.45) is 4.62. The second kappa shape index (κ2) is 4.57. The minimum atomic E-state index is 0.212. The fourth-order valence-electron chi connectivity index (χ4n) is 1.97. The summed E-state index contributed by atoms with van der Waals surface area (Å²) in [5.74, 6) is 1.64. The van der Waals surface area contributed by atoms with Crippen molar-refractivity contribution in [3.8, 4) is 17.2 Å². The van der Waals surface area contributed by atoms with Gasteiger partial charge in [-0.15, -0.1) is 0 Å². The van der Waals surface area contributed by atoms with Crippen LogP contribution in [0.25, 0.3) is 5.57 Å². The van der Waals surface area contributed by atoms with E-state index >= 15 is 0 Å². The minimum Gasteiger partial charge on any atom is -0.508 e. The van der Waals surface area contributed by atoms with Gasteiger partial charge in [-0.3, -0.25) is 0 Å². The lowest BCUT2D eigenvalue weighted by Gasteiger charge is -2.15. The van der Waals surface area contributed by atoms with Crippen molar-refractivity contribution >= 4 is 5.57 Å². The van der Waals surface area contributed by atoms with E-state index in [1.807, 2.05) is 18.2 Å². The van der Waals surface area contributed by atoms with Gasteiger partial charge in [0.15, 0.2) is 0 Å². The van der Waals surface area contributed by atoms with Gasteiger partial charge in [0, 0.05) is 6.07 Å². The Morgan fingerprint density at radius 1 is 0.944 bits per heavy atom. The van der Waals surface area contributed by atoms with E-state index in [-0.39, 0.29) is 5.75 Å². The smallest absolute Gasteiger partial charge is 0.131 e. The third-order valence-corrected chi connectivity index (χ3v) is 3.08. The number of allylic oxidation sites excluding steroid dienone is 2. The molecule has 2 nitrogen and oxygen atoms in total. The Morgan fingerprint density at radius 2 is 1.72 bits per heavy atom. The van der Waals surface area contributed by atoms with E-state index in [9.17, 15) is 5.11 Å². The van der Waals surface area contributed by atoms with Crippen LogP contribution in [0.2, 0.25) is 0 Å². The first-order chi connectivity index (χ1) is 8.81. The molecule has 0 saturated carbocycles. The largest absolute Gasteiger partial charge is 0.508 e. The van der Waals surface area contributed by atoms with Crippen molar-refractivity contribution in [1.82, 2.24) is 0 Å². The number of aromatic hydroxyl groups is 1. The Kier molecular flexibility index (Phi) is 2.77. The summed E-state index contributed by atoms with van der Waals surface area (Å²) in [5, 5.41) is 9.36. The van der Waals surface area contributed by atoms with Gasteiger partial charge in [0.25, 0.3) is 0 Å². The summed E-state index contributed by atoms with van der Waals surface area (Å²) < 4.78 is 5.67. The zero-order valence-electron chi connectivity index (χ0n) is 9.97. The average Bonchev–Trinajstić information content (AvgIpc) is 2.29. The number of benzene rings is 2. The molecule has 0 spiro atoms. The van der Waals surface area contributed by atoms with E-state index in [0.717, 1.165) is 5.75 Å². The summed E-state index contributed by atoms with van der Waals surface area (Å²) in [4.78, 5) is 0. The molecule has 0 heterocycles. The molecule has 0 aromatic heterocycles. The maximum atomic E-state index is 9.36. The number of phenolic OH excluding ortho intramolecular Hbond substituents is 1. The highest BCUT2D eigenvalue weighted by molar-refractivity contribution is 5.70. The topological polar surface area (TPSA) is 29.5 Å². The fraction of sp³-hybridized carbons (Fsp3) is 0.125. The molecule has 1 aliphatic rings. The van der Waals surface area contributed by atoms with Gasteiger partial charge >= 0.3 is 0 Å². The van der Waals surface area contributed by atoms with E-state index in [4.69, 9.17) is 4.74 Å². The standard InChI is InChI=1S/C16H14O2/c17-14-5-2-6-16(11-14)18-15-9-7-13(8-10-15)12-3-1-4-12/h2-3,5-11,17H,1,4H2. The first-order valence-electron chi connectivity index (χ1n) is 6.08. The van der Waals surface area contributed by atoms with Crippen LogP contribution in [0.3, 0.4) is 0 Å². The summed E-state index contributed by atoms with van der Waals surface area (Å²) in [6.45, 7) is 0. The summed E-state index contributed by atoms with van der Waals surface area (Å²) >= 11 is 0. The Morgan fingerprint density at radius 3 is 2.33 bits per heavy atom. The Labute approximate surface area is 106 Å². The molecule has 2 aromatic rings. The van der Waals surface area contributed by atoms with Gasteiger partial charge in [0.2, 0.25) is 0 Å². The first kappa shape index (κ1) is 10.9. The molecule has 0 radical (unpaired) electrons. The Hall–Kier alpha value is -2.22. The highest BCUT2D eigenvalue weighted by Crippen LogP contribution is 2.31.